The van der Waals surface area contributed by atoms with Gasteiger partial charge in [0.05, 0.1) is 23.9 Å². The van der Waals surface area contributed by atoms with E-state index in [-0.39, 0.29) is 24.5 Å². The highest BCUT2D eigenvalue weighted by atomic mass is 32.2. The summed E-state index contributed by atoms with van der Waals surface area (Å²) in [5, 5.41) is 6.90. The topological polar surface area (TPSA) is 83.0 Å². The van der Waals surface area contributed by atoms with E-state index in [9.17, 15) is 9.59 Å². The van der Waals surface area contributed by atoms with E-state index in [2.05, 4.69) is 15.5 Å². The summed E-state index contributed by atoms with van der Waals surface area (Å²) in [7, 11) is 0. The van der Waals surface area contributed by atoms with Crippen LogP contribution in [0, 0.1) is 0 Å². The number of allylic oxidation sites excluding steroid dienone is 1. The third-order valence-corrected chi connectivity index (χ3v) is 7.44. The van der Waals surface area contributed by atoms with Gasteiger partial charge in [0.2, 0.25) is 5.91 Å². The molecule has 2 aliphatic heterocycles. The number of rotatable bonds is 8. The van der Waals surface area contributed by atoms with E-state index in [1.807, 2.05) is 91.9 Å². The largest absolute Gasteiger partial charge is 0.367 e. The smallest absolute Gasteiger partial charge is 0.255 e. The number of anilines is 2. The predicted molar refractivity (Wildman–Crippen MR) is 153 cm³/mol. The Morgan fingerprint density at radius 3 is 2.50 bits per heavy atom. The summed E-state index contributed by atoms with van der Waals surface area (Å²) in [6.45, 7) is 3.01. The van der Waals surface area contributed by atoms with Gasteiger partial charge in [0.25, 0.3) is 5.91 Å². The van der Waals surface area contributed by atoms with E-state index in [0.717, 1.165) is 40.7 Å². The van der Waals surface area contributed by atoms with Gasteiger partial charge >= 0.3 is 0 Å². The third-order valence-electron chi connectivity index (χ3n) is 6.37. The zero-order valence-electron chi connectivity index (χ0n) is 21.2. The van der Waals surface area contributed by atoms with Crippen molar-refractivity contribution in [1.82, 2.24) is 4.90 Å². The molecule has 7 nitrogen and oxygen atoms in total. The van der Waals surface area contributed by atoms with Crippen LogP contribution in [0.3, 0.4) is 0 Å². The zero-order valence-corrected chi connectivity index (χ0v) is 22.0. The van der Waals surface area contributed by atoms with Crippen molar-refractivity contribution < 1.29 is 14.3 Å². The van der Waals surface area contributed by atoms with Crippen LogP contribution >= 0.6 is 11.8 Å². The Bertz CT molecular complexity index is 1360. The van der Waals surface area contributed by atoms with Crippen molar-refractivity contribution in [2.45, 2.75) is 26.0 Å². The molecule has 0 aromatic heterocycles. The second-order valence-electron chi connectivity index (χ2n) is 9.16. The van der Waals surface area contributed by atoms with E-state index in [1.54, 1.807) is 11.8 Å². The van der Waals surface area contributed by atoms with Gasteiger partial charge < -0.3 is 20.3 Å². The van der Waals surface area contributed by atoms with Gasteiger partial charge in [0.1, 0.15) is 6.61 Å². The molecule has 2 heterocycles. The fraction of sp³-hybridized carbons (Fsp3) is 0.233. The number of carbonyl (C=O) groups excluding carboxylic acids is 2. The first-order valence-corrected chi connectivity index (χ1v) is 13.6. The predicted octanol–water partition coefficient (Wildman–Crippen LogP) is 5.60. The molecule has 1 atom stereocenters. The maximum absolute atomic E-state index is 13.6. The molecule has 1 saturated heterocycles. The van der Waals surface area contributed by atoms with E-state index in [1.165, 1.54) is 0 Å². The first-order chi connectivity index (χ1) is 18.6. The van der Waals surface area contributed by atoms with Gasteiger partial charge in [0, 0.05) is 23.7 Å². The van der Waals surface area contributed by atoms with Gasteiger partial charge in [-0.05, 0) is 48.7 Å². The Labute approximate surface area is 227 Å². The molecule has 2 N–H and O–H groups in total. The summed E-state index contributed by atoms with van der Waals surface area (Å²) in [6.07, 6.45) is 1.00. The van der Waals surface area contributed by atoms with Crippen molar-refractivity contribution in [2.24, 2.45) is 4.99 Å². The third kappa shape index (κ3) is 6.15. The number of nitrogens with one attached hydrogen (secondary N) is 2. The summed E-state index contributed by atoms with van der Waals surface area (Å²) in [4.78, 5) is 33.2. The SMILES string of the molecule is CC1=C(C(=O)Nc2ccccc2)C(c2cccc(NC(=O)COCc3ccccc3)c2)N2CCCSC2=N1. The number of hydrogen-bond acceptors (Lipinski definition) is 6. The Balaban J connectivity index is 1.35. The molecule has 0 radical (unpaired) electrons. The van der Waals surface area contributed by atoms with Gasteiger partial charge in [0.15, 0.2) is 5.17 Å². The first-order valence-electron chi connectivity index (χ1n) is 12.7. The molecule has 0 aliphatic carbocycles. The van der Waals surface area contributed by atoms with Crippen LogP contribution in [0.25, 0.3) is 0 Å². The lowest BCUT2D eigenvalue weighted by atomic mass is 9.93. The highest BCUT2D eigenvalue weighted by Crippen LogP contribution is 2.40. The number of amidine groups is 1. The van der Waals surface area contributed by atoms with E-state index in [0.29, 0.717) is 23.6 Å². The maximum atomic E-state index is 13.6. The molecule has 3 aromatic rings. The number of amides is 2. The molecule has 1 unspecified atom stereocenters. The van der Waals surface area contributed by atoms with Gasteiger partial charge in [-0.2, -0.15) is 0 Å². The van der Waals surface area contributed by atoms with Crippen molar-refractivity contribution in [3.63, 3.8) is 0 Å². The Morgan fingerprint density at radius 1 is 0.974 bits per heavy atom. The summed E-state index contributed by atoms with van der Waals surface area (Å²) >= 11 is 1.71. The molecule has 3 aromatic carbocycles. The normalized spacial score (nSPS) is 16.9. The summed E-state index contributed by atoms with van der Waals surface area (Å²) in [5.74, 6) is 0.590. The second-order valence-corrected chi connectivity index (χ2v) is 10.2. The molecule has 1 fully saturated rings. The minimum atomic E-state index is -0.315. The molecule has 0 saturated carbocycles. The van der Waals surface area contributed by atoms with Crippen molar-refractivity contribution in [3.8, 4) is 0 Å². The summed E-state index contributed by atoms with van der Waals surface area (Å²) in [5.41, 5.74) is 4.63. The van der Waals surface area contributed by atoms with Crippen LogP contribution in [-0.4, -0.2) is 40.8 Å². The Kier molecular flexibility index (Phi) is 8.21. The lowest BCUT2D eigenvalue weighted by Gasteiger charge is -2.41. The van der Waals surface area contributed by atoms with Gasteiger partial charge in [-0.15, -0.1) is 0 Å². The molecule has 2 amide bonds. The quantitative estimate of drug-likeness (QED) is 0.399. The fourth-order valence-electron chi connectivity index (χ4n) is 4.64. The van der Waals surface area contributed by atoms with Crippen LogP contribution in [0.2, 0.25) is 0 Å². The molecule has 0 bridgehead atoms. The maximum Gasteiger partial charge on any atom is 0.255 e. The fourth-order valence-corrected chi connectivity index (χ4v) is 5.66. The van der Waals surface area contributed by atoms with E-state index >= 15 is 0 Å². The molecule has 194 valence electrons. The minimum Gasteiger partial charge on any atom is -0.367 e. The Hall–Kier alpha value is -3.88. The van der Waals surface area contributed by atoms with Gasteiger partial charge in [-0.3, -0.25) is 9.59 Å². The average molecular weight is 527 g/mol. The number of fused-ring (bicyclic) bond motifs is 1. The van der Waals surface area contributed by atoms with Gasteiger partial charge in [-0.25, -0.2) is 4.99 Å². The number of aliphatic imine (C=N–C) groups is 1. The number of para-hydroxylation sites is 1. The minimum absolute atomic E-state index is 0.0497. The van der Waals surface area contributed by atoms with E-state index < -0.39 is 0 Å². The van der Waals surface area contributed by atoms with E-state index in [4.69, 9.17) is 9.73 Å². The number of nitrogens with zero attached hydrogens (tertiary/aromatic N) is 2. The van der Waals surface area contributed by atoms with Crippen LogP contribution in [-0.2, 0) is 20.9 Å². The van der Waals surface area contributed by atoms with Crippen molar-refractivity contribution in [2.75, 3.05) is 29.5 Å². The number of ether oxygens (including phenoxy) is 1. The van der Waals surface area contributed by atoms with Crippen LogP contribution in [0.5, 0.6) is 0 Å². The molecule has 8 heteroatoms. The molecule has 2 aliphatic rings. The number of carbonyl (C=O) groups is 2. The van der Waals surface area contributed by atoms with Crippen molar-refractivity contribution >= 4 is 40.1 Å². The van der Waals surface area contributed by atoms with Crippen LogP contribution in [0.15, 0.2) is 101 Å². The lowest BCUT2D eigenvalue weighted by molar-refractivity contribution is -0.121. The highest BCUT2D eigenvalue weighted by Gasteiger charge is 2.37. The van der Waals surface area contributed by atoms with Crippen LogP contribution in [0.4, 0.5) is 11.4 Å². The molecule has 38 heavy (non-hydrogen) atoms. The summed E-state index contributed by atoms with van der Waals surface area (Å²) in [6, 6.07) is 26.6. The van der Waals surface area contributed by atoms with Crippen molar-refractivity contribution in [3.05, 3.63) is 107 Å². The van der Waals surface area contributed by atoms with Crippen LogP contribution < -0.4 is 10.6 Å². The highest BCUT2D eigenvalue weighted by molar-refractivity contribution is 8.13. The standard InChI is InChI=1S/C30H30N4O3S/c1-21-27(29(36)33-24-13-6-3-7-14-24)28(34-16-9-17-38-30(34)31-21)23-12-8-15-25(18-23)32-26(35)20-37-19-22-10-4-2-5-11-22/h2-8,10-15,18,28H,9,16-17,19-20H2,1H3,(H,32,35)(H,33,36). The summed E-state index contributed by atoms with van der Waals surface area (Å²) < 4.78 is 5.59. The molecular weight excluding hydrogens is 496 g/mol. The molecule has 0 spiro atoms. The lowest BCUT2D eigenvalue weighted by Crippen LogP contribution is -2.43. The van der Waals surface area contributed by atoms with Crippen molar-refractivity contribution in [1.29, 1.82) is 0 Å². The second kappa shape index (κ2) is 12.1. The van der Waals surface area contributed by atoms with Crippen LogP contribution in [0.1, 0.15) is 30.5 Å². The molecular formula is C30H30N4O3S. The Morgan fingerprint density at radius 2 is 1.71 bits per heavy atom. The zero-order chi connectivity index (χ0) is 26.3. The first kappa shape index (κ1) is 25.8. The molecule has 5 rings (SSSR count). The monoisotopic (exact) mass is 526 g/mol. The number of thioether (sulfide) groups is 1. The number of benzene rings is 3. The number of hydrogen-bond donors (Lipinski definition) is 2. The average Bonchev–Trinajstić information content (AvgIpc) is 2.93. The van der Waals surface area contributed by atoms with Gasteiger partial charge in [-0.1, -0.05) is 72.4 Å².